The second kappa shape index (κ2) is 9.34. The van der Waals surface area contributed by atoms with E-state index < -0.39 is 5.66 Å². The quantitative estimate of drug-likeness (QED) is 0.516. The van der Waals surface area contributed by atoms with Crippen molar-refractivity contribution in [3.8, 4) is 5.75 Å². The van der Waals surface area contributed by atoms with E-state index in [0.29, 0.717) is 0 Å². The van der Waals surface area contributed by atoms with Crippen LogP contribution in [0.3, 0.4) is 0 Å². The topological polar surface area (TPSA) is 41.6 Å². The molecule has 0 saturated heterocycles. The highest BCUT2D eigenvalue weighted by molar-refractivity contribution is 6.02. The van der Waals surface area contributed by atoms with Gasteiger partial charge >= 0.3 is 0 Å². The van der Waals surface area contributed by atoms with Crippen LogP contribution in [-0.4, -0.2) is 23.5 Å². The average molecular weight is 395 g/mol. The second-order valence-electron chi connectivity index (χ2n) is 8.09. The van der Waals surface area contributed by atoms with Crippen LogP contribution in [0.1, 0.15) is 75.7 Å². The van der Waals surface area contributed by atoms with E-state index in [4.69, 9.17) is 4.74 Å². The number of amides is 1. The molecule has 0 aromatic heterocycles. The predicted octanol–water partition coefficient (Wildman–Crippen LogP) is 6.18. The molecule has 0 aliphatic carbocycles. The van der Waals surface area contributed by atoms with Crippen LogP contribution in [0, 0.1) is 0 Å². The van der Waals surface area contributed by atoms with Crippen molar-refractivity contribution >= 4 is 11.6 Å². The minimum atomic E-state index is -0.570. The number of benzene rings is 2. The van der Waals surface area contributed by atoms with Crippen LogP contribution in [0.4, 0.5) is 5.69 Å². The van der Waals surface area contributed by atoms with Crippen LogP contribution >= 0.6 is 0 Å². The molecule has 4 heteroatoms. The number of nitrogens with zero attached hydrogens (tertiary/aromatic N) is 1. The second-order valence-corrected chi connectivity index (χ2v) is 8.09. The third-order valence-electron chi connectivity index (χ3n) is 5.76. The van der Waals surface area contributed by atoms with Gasteiger partial charge in [0.2, 0.25) is 0 Å². The van der Waals surface area contributed by atoms with Gasteiger partial charge in [-0.15, -0.1) is 0 Å². The highest BCUT2D eigenvalue weighted by atomic mass is 16.5. The van der Waals surface area contributed by atoms with Crippen LogP contribution < -0.4 is 10.1 Å². The highest BCUT2D eigenvalue weighted by Gasteiger charge is 2.45. The Balaban J connectivity index is 1.86. The molecule has 29 heavy (non-hydrogen) atoms. The van der Waals surface area contributed by atoms with Crippen LogP contribution in [0.15, 0.2) is 48.5 Å². The Kier molecular flexibility index (Phi) is 6.83. The number of fused-ring (bicyclic) bond motifs is 1. The van der Waals surface area contributed by atoms with Crippen molar-refractivity contribution in [1.29, 1.82) is 0 Å². The third-order valence-corrected chi connectivity index (χ3v) is 5.76. The van der Waals surface area contributed by atoms with E-state index in [2.05, 4.69) is 45.1 Å². The number of hydrogen-bond donors (Lipinski definition) is 1. The summed E-state index contributed by atoms with van der Waals surface area (Å²) in [4.78, 5) is 15.3. The lowest BCUT2D eigenvalue weighted by Crippen LogP contribution is -2.59. The van der Waals surface area contributed by atoms with E-state index in [1.165, 1.54) is 19.3 Å². The van der Waals surface area contributed by atoms with Crippen molar-refractivity contribution in [2.24, 2.45) is 0 Å². The first-order valence-corrected chi connectivity index (χ1v) is 11.0. The average Bonchev–Trinajstić information content (AvgIpc) is 2.73. The monoisotopic (exact) mass is 394 g/mol. The zero-order chi connectivity index (χ0) is 20.9. The summed E-state index contributed by atoms with van der Waals surface area (Å²) in [6, 6.07) is 16.1. The Bertz CT molecular complexity index is 816. The van der Waals surface area contributed by atoms with E-state index >= 15 is 0 Å². The zero-order valence-corrected chi connectivity index (χ0v) is 18.2. The normalized spacial score (nSPS) is 18.5. The van der Waals surface area contributed by atoms with Crippen molar-refractivity contribution in [3.05, 3.63) is 59.7 Å². The molecule has 0 saturated carbocycles. The van der Waals surface area contributed by atoms with Gasteiger partial charge in [-0.25, -0.2) is 0 Å². The molecule has 3 rings (SSSR count). The van der Waals surface area contributed by atoms with Gasteiger partial charge in [0.1, 0.15) is 11.4 Å². The smallest absolute Gasteiger partial charge is 0.258 e. The number of hydrogen-bond acceptors (Lipinski definition) is 3. The molecule has 1 unspecified atom stereocenters. The predicted molar refractivity (Wildman–Crippen MR) is 119 cm³/mol. The van der Waals surface area contributed by atoms with Crippen molar-refractivity contribution in [1.82, 2.24) is 4.90 Å². The molecule has 1 atom stereocenters. The molecule has 1 aliphatic rings. The lowest BCUT2D eigenvalue weighted by atomic mass is 9.88. The first kappa shape index (κ1) is 21.2. The fourth-order valence-electron chi connectivity index (χ4n) is 4.26. The number of ether oxygens (including phenoxy) is 1. The molecule has 2 aromatic carbocycles. The number of carbonyl (C=O) groups is 1. The Hall–Kier alpha value is -2.49. The lowest BCUT2D eigenvalue weighted by molar-refractivity contribution is 0.0371. The SMILES string of the molecule is CCCCCCOc1ccc(C2(CC)Nc3ccccc3C(=O)N2C(C)C)cc1. The Morgan fingerprint density at radius 1 is 1.00 bits per heavy atom. The zero-order valence-electron chi connectivity index (χ0n) is 18.2. The largest absolute Gasteiger partial charge is 0.494 e. The van der Waals surface area contributed by atoms with Crippen molar-refractivity contribution in [2.75, 3.05) is 11.9 Å². The van der Waals surface area contributed by atoms with Crippen molar-refractivity contribution in [3.63, 3.8) is 0 Å². The maximum atomic E-state index is 13.4. The lowest BCUT2D eigenvalue weighted by Gasteiger charge is -2.50. The number of nitrogens with one attached hydrogen (secondary N) is 1. The Morgan fingerprint density at radius 3 is 2.38 bits per heavy atom. The van der Waals surface area contributed by atoms with Crippen molar-refractivity contribution < 1.29 is 9.53 Å². The molecule has 156 valence electrons. The third kappa shape index (κ3) is 4.26. The van der Waals surface area contributed by atoms with E-state index in [-0.39, 0.29) is 11.9 Å². The molecule has 0 radical (unpaired) electrons. The number of para-hydroxylation sites is 1. The summed E-state index contributed by atoms with van der Waals surface area (Å²) in [7, 11) is 0. The minimum absolute atomic E-state index is 0.0674. The number of carbonyl (C=O) groups excluding carboxylic acids is 1. The molecule has 0 fully saturated rings. The molecule has 0 spiro atoms. The van der Waals surface area contributed by atoms with Gasteiger partial charge in [-0.05, 0) is 56.5 Å². The first-order valence-electron chi connectivity index (χ1n) is 11.0. The standard InChI is InChI=1S/C25H34N2O2/c1-5-7-8-11-18-29-21-16-14-20(15-17-21)25(6-2)26-23-13-10-9-12-22(23)24(28)27(25)19(3)4/h9-10,12-17,19,26H,5-8,11,18H2,1-4H3. The Morgan fingerprint density at radius 2 is 1.72 bits per heavy atom. The molecule has 1 amide bonds. The molecular formula is C25H34N2O2. The molecule has 1 heterocycles. The first-order chi connectivity index (χ1) is 14.0. The number of unbranched alkanes of at least 4 members (excludes halogenated alkanes) is 3. The fraction of sp³-hybridized carbons (Fsp3) is 0.480. The minimum Gasteiger partial charge on any atom is -0.494 e. The summed E-state index contributed by atoms with van der Waals surface area (Å²) in [5.41, 5.74) is 2.14. The van der Waals surface area contributed by atoms with E-state index in [0.717, 1.165) is 42.0 Å². The highest BCUT2D eigenvalue weighted by Crippen LogP contribution is 2.41. The van der Waals surface area contributed by atoms with Crippen LogP contribution in [-0.2, 0) is 5.66 Å². The molecule has 1 N–H and O–H groups in total. The summed E-state index contributed by atoms with van der Waals surface area (Å²) in [5, 5.41) is 3.69. The van der Waals surface area contributed by atoms with Gasteiger partial charge in [0.15, 0.2) is 0 Å². The number of anilines is 1. The van der Waals surface area contributed by atoms with E-state index in [1.807, 2.05) is 41.3 Å². The van der Waals surface area contributed by atoms with E-state index in [9.17, 15) is 4.79 Å². The van der Waals surface area contributed by atoms with Gasteiger partial charge in [-0.1, -0.05) is 57.4 Å². The fourth-order valence-corrected chi connectivity index (χ4v) is 4.26. The molecule has 1 aliphatic heterocycles. The van der Waals surface area contributed by atoms with Gasteiger partial charge in [0.25, 0.3) is 5.91 Å². The molecular weight excluding hydrogens is 360 g/mol. The summed E-state index contributed by atoms with van der Waals surface area (Å²) in [6.07, 6.45) is 5.55. The summed E-state index contributed by atoms with van der Waals surface area (Å²) < 4.78 is 5.91. The van der Waals surface area contributed by atoms with Gasteiger partial charge in [0.05, 0.1) is 12.2 Å². The molecule has 0 bridgehead atoms. The summed E-state index contributed by atoms with van der Waals surface area (Å²) in [6.45, 7) is 9.24. The van der Waals surface area contributed by atoms with Gasteiger partial charge in [-0.2, -0.15) is 0 Å². The van der Waals surface area contributed by atoms with Crippen molar-refractivity contribution in [2.45, 2.75) is 71.5 Å². The Labute approximate surface area is 175 Å². The van der Waals surface area contributed by atoms with Gasteiger partial charge in [0, 0.05) is 11.7 Å². The molecule has 4 nitrogen and oxygen atoms in total. The van der Waals surface area contributed by atoms with E-state index in [1.54, 1.807) is 0 Å². The van der Waals surface area contributed by atoms with Gasteiger partial charge < -0.3 is 15.0 Å². The number of rotatable bonds is 9. The van der Waals surface area contributed by atoms with Crippen LogP contribution in [0.25, 0.3) is 0 Å². The van der Waals surface area contributed by atoms with Crippen LogP contribution in [0.2, 0.25) is 0 Å². The maximum Gasteiger partial charge on any atom is 0.258 e. The maximum absolute atomic E-state index is 13.4. The summed E-state index contributed by atoms with van der Waals surface area (Å²) >= 11 is 0. The van der Waals surface area contributed by atoms with Gasteiger partial charge in [-0.3, -0.25) is 4.79 Å². The summed E-state index contributed by atoms with van der Waals surface area (Å²) in [5.74, 6) is 0.961. The molecule has 2 aromatic rings. The van der Waals surface area contributed by atoms with Crippen LogP contribution in [0.5, 0.6) is 5.75 Å².